The molecule has 0 bridgehead atoms. The number of hydrogen-bond donors (Lipinski definition) is 0. The Kier molecular flexibility index (Phi) is 2.04. The highest BCUT2D eigenvalue weighted by atomic mass is 16.5. The third kappa shape index (κ3) is 1.38. The van der Waals surface area contributed by atoms with Crippen LogP contribution in [0.2, 0.25) is 0 Å². The van der Waals surface area contributed by atoms with Gasteiger partial charge in [0.25, 0.3) is 0 Å². The van der Waals surface area contributed by atoms with Crippen LogP contribution in [-0.4, -0.2) is 21.2 Å². The van der Waals surface area contributed by atoms with Crippen molar-refractivity contribution < 1.29 is 4.74 Å². The summed E-state index contributed by atoms with van der Waals surface area (Å²) in [5, 5.41) is 2.45. The van der Waals surface area contributed by atoms with E-state index in [2.05, 4.69) is 44.6 Å². The first-order valence-corrected chi connectivity index (χ1v) is 5.77. The summed E-state index contributed by atoms with van der Waals surface area (Å²) in [5.74, 6) is 0.941. The topological polar surface area (TPSA) is 9.23 Å². The molecule has 17 heavy (non-hydrogen) atoms. The van der Waals surface area contributed by atoms with Gasteiger partial charge in [0.1, 0.15) is 17.6 Å². The summed E-state index contributed by atoms with van der Waals surface area (Å²) in [7, 11) is 6.10. The maximum atomic E-state index is 5.41. The Morgan fingerprint density at radius 3 is 2.59 bits per heavy atom. The molecule has 0 amide bonds. The molecular weight excluding hydrogens is 210 g/mol. The van der Waals surface area contributed by atoms with Gasteiger partial charge in [0, 0.05) is 23.1 Å². The molecule has 0 atom stereocenters. The van der Waals surface area contributed by atoms with E-state index in [1.54, 1.807) is 7.11 Å². The van der Waals surface area contributed by atoms with Crippen molar-refractivity contribution in [3.8, 4) is 5.75 Å². The van der Waals surface area contributed by atoms with Crippen LogP contribution >= 0.6 is 0 Å². The Balaban J connectivity index is 2.39. The molecule has 0 unspecified atom stereocenters. The number of quaternary nitrogens is 1. The summed E-state index contributed by atoms with van der Waals surface area (Å²) in [4.78, 5) is 0. The molecule has 3 rings (SSSR count). The van der Waals surface area contributed by atoms with Crippen molar-refractivity contribution in [2.24, 2.45) is 0 Å². The number of ether oxygens (including phenoxy) is 1. The average Bonchev–Trinajstić information content (AvgIpc) is 2.65. The van der Waals surface area contributed by atoms with E-state index in [1.807, 2.05) is 12.1 Å². The molecule has 1 aliphatic heterocycles. The largest absolute Gasteiger partial charge is 0.496 e. The third-order valence-electron chi connectivity index (χ3n) is 3.49. The number of fused-ring (bicyclic) bond motifs is 3. The van der Waals surface area contributed by atoms with E-state index >= 15 is 0 Å². The van der Waals surface area contributed by atoms with Crippen molar-refractivity contribution in [1.29, 1.82) is 0 Å². The van der Waals surface area contributed by atoms with Gasteiger partial charge in [-0.05, 0) is 17.5 Å². The van der Waals surface area contributed by atoms with Gasteiger partial charge in [0.2, 0.25) is 0 Å². The van der Waals surface area contributed by atoms with Crippen molar-refractivity contribution in [3.05, 3.63) is 42.1 Å². The van der Waals surface area contributed by atoms with Gasteiger partial charge in [-0.15, -0.1) is 0 Å². The molecule has 0 radical (unpaired) electrons. The number of methoxy groups -OCH3 is 1. The molecule has 0 aliphatic carbocycles. The fourth-order valence-corrected chi connectivity index (χ4v) is 2.54. The highest BCUT2D eigenvalue weighted by molar-refractivity contribution is 6.00. The molecule has 2 aromatic rings. The molecular formula is C15H16NO+. The Morgan fingerprint density at radius 1 is 1.00 bits per heavy atom. The summed E-state index contributed by atoms with van der Waals surface area (Å²) in [5.41, 5.74) is 2.65. The van der Waals surface area contributed by atoms with Crippen LogP contribution in [0, 0.1) is 0 Å². The van der Waals surface area contributed by atoms with Crippen LogP contribution in [0.4, 0.5) is 5.69 Å². The Hall–Kier alpha value is -1.80. The lowest BCUT2D eigenvalue weighted by Gasteiger charge is -2.21. The Labute approximate surface area is 101 Å². The van der Waals surface area contributed by atoms with Crippen LogP contribution in [0.25, 0.3) is 16.8 Å². The van der Waals surface area contributed by atoms with Crippen molar-refractivity contribution in [2.75, 3.05) is 21.2 Å². The monoisotopic (exact) mass is 226 g/mol. The van der Waals surface area contributed by atoms with E-state index in [0.29, 0.717) is 0 Å². The van der Waals surface area contributed by atoms with E-state index in [4.69, 9.17) is 4.74 Å². The lowest BCUT2D eigenvalue weighted by atomic mass is 10.0. The standard InChI is InChI=1S/C15H16NO/c1-16(2)10-9-12-11-5-4-6-15(17-3)13(11)7-8-14(12)16/h4-10H,1-3H3/q+1. The zero-order valence-corrected chi connectivity index (χ0v) is 10.4. The Morgan fingerprint density at radius 2 is 1.82 bits per heavy atom. The first-order valence-electron chi connectivity index (χ1n) is 5.77. The molecule has 1 heterocycles. The molecule has 0 N–H and O–H groups in total. The Bertz CT molecular complexity index is 626. The van der Waals surface area contributed by atoms with E-state index in [0.717, 1.165) is 10.2 Å². The van der Waals surface area contributed by atoms with Crippen molar-refractivity contribution in [3.63, 3.8) is 0 Å². The smallest absolute Gasteiger partial charge is 0.145 e. The zero-order valence-electron chi connectivity index (χ0n) is 10.4. The molecule has 2 nitrogen and oxygen atoms in total. The van der Waals surface area contributed by atoms with Gasteiger partial charge in [-0.1, -0.05) is 12.1 Å². The maximum absolute atomic E-state index is 5.41. The average molecular weight is 226 g/mol. The number of nitrogens with zero attached hydrogens (tertiary/aromatic N) is 1. The second kappa shape index (κ2) is 3.34. The van der Waals surface area contributed by atoms with Gasteiger partial charge in [-0.2, -0.15) is 0 Å². The molecule has 1 aliphatic rings. The van der Waals surface area contributed by atoms with E-state index in [9.17, 15) is 0 Å². The second-order valence-corrected chi connectivity index (χ2v) is 4.91. The van der Waals surface area contributed by atoms with Crippen LogP contribution in [0.5, 0.6) is 5.75 Å². The summed E-state index contributed by atoms with van der Waals surface area (Å²) in [6.07, 6.45) is 4.42. The second-order valence-electron chi connectivity index (χ2n) is 4.91. The third-order valence-corrected chi connectivity index (χ3v) is 3.49. The molecule has 2 aromatic carbocycles. The lowest BCUT2D eigenvalue weighted by Crippen LogP contribution is -2.31. The molecule has 0 saturated heterocycles. The predicted octanol–water partition coefficient (Wildman–Crippen LogP) is 3.40. The van der Waals surface area contributed by atoms with Crippen LogP contribution in [0.3, 0.4) is 0 Å². The van der Waals surface area contributed by atoms with E-state index in [1.165, 1.54) is 22.0 Å². The van der Waals surface area contributed by atoms with Crippen LogP contribution in [-0.2, 0) is 0 Å². The van der Waals surface area contributed by atoms with Crippen molar-refractivity contribution in [1.82, 2.24) is 4.48 Å². The van der Waals surface area contributed by atoms with Crippen molar-refractivity contribution >= 4 is 22.5 Å². The van der Waals surface area contributed by atoms with Gasteiger partial charge in [0.15, 0.2) is 0 Å². The molecule has 0 fully saturated rings. The summed E-state index contributed by atoms with van der Waals surface area (Å²) >= 11 is 0. The number of hydrogen-bond acceptors (Lipinski definition) is 1. The van der Waals surface area contributed by atoms with E-state index in [-0.39, 0.29) is 0 Å². The number of benzene rings is 2. The normalized spacial score (nSPS) is 16.2. The minimum Gasteiger partial charge on any atom is -0.496 e. The van der Waals surface area contributed by atoms with Crippen LogP contribution in [0.1, 0.15) is 5.56 Å². The van der Waals surface area contributed by atoms with Crippen LogP contribution in [0.15, 0.2) is 36.5 Å². The lowest BCUT2D eigenvalue weighted by molar-refractivity contribution is 0.420. The van der Waals surface area contributed by atoms with Gasteiger partial charge < -0.3 is 4.74 Å². The minimum absolute atomic E-state index is 0.808. The molecule has 86 valence electrons. The SMILES string of the molecule is COc1cccc2c3c(ccc12)[N+](C)(C)C=C3. The summed E-state index contributed by atoms with van der Waals surface area (Å²) < 4.78 is 6.22. The van der Waals surface area contributed by atoms with Gasteiger partial charge in [-0.25, -0.2) is 0 Å². The number of rotatable bonds is 1. The minimum atomic E-state index is 0.808. The highest BCUT2D eigenvalue weighted by Crippen LogP contribution is 2.39. The predicted molar refractivity (Wildman–Crippen MR) is 73.2 cm³/mol. The maximum Gasteiger partial charge on any atom is 0.145 e. The first kappa shape index (κ1) is 10.4. The molecule has 0 saturated carbocycles. The molecule has 2 heteroatoms. The molecule has 0 spiro atoms. The zero-order chi connectivity index (χ0) is 12.0. The van der Waals surface area contributed by atoms with Crippen LogP contribution < -0.4 is 9.22 Å². The van der Waals surface area contributed by atoms with Gasteiger partial charge >= 0.3 is 0 Å². The fraction of sp³-hybridized carbons (Fsp3) is 0.200. The summed E-state index contributed by atoms with van der Waals surface area (Å²) in [6, 6.07) is 10.6. The van der Waals surface area contributed by atoms with Gasteiger partial charge in [-0.3, -0.25) is 4.48 Å². The quantitative estimate of drug-likeness (QED) is 0.677. The fourth-order valence-electron chi connectivity index (χ4n) is 2.54. The van der Waals surface area contributed by atoms with Crippen molar-refractivity contribution in [2.45, 2.75) is 0 Å². The molecule has 0 aromatic heterocycles. The van der Waals surface area contributed by atoms with E-state index < -0.39 is 0 Å². The summed E-state index contributed by atoms with van der Waals surface area (Å²) in [6.45, 7) is 0. The van der Waals surface area contributed by atoms with Gasteiger partial charge in [0.05, 0.1) is 21.2 Å². The highest BCUT2D eigenvalue weighted by Gasteiger charge is 2.26. The first-order chi connectivity index (χ1) is 8.13.